The predicted octanol–water partition coefficient (Wildman–Crippen LogP) is 4.44. The van der Waals surface area contributed by atoms with Crippen molar-refractivity contribution in [2.45, 2.75) is 48.9 Å². The summed E-state index contributed by atoms with van der Waals surface area (Å²) in [7, 11) is 0. The highest BCUT2D eigenvalue weighted by Gasteiger charge is 2.48. The molecule has 0 aromatic carbocycles. The summed E-state index contributed by atoms with van der Waals surface area (Å²) >= 11 is 7.58. The first-order valence-corrected chi connectivity index (χ1v) is 8.37. The molecule has 18 heavy (non-hydrogen) atoms. The Hall–Kier alpha value is 0.400. The second-order valence-corrected chi connectivity index (χ2v) is 8.84. The Morgan fingerprint density at radius 1 is 1.33 bits per heavy atom. The third-order valence-corrected chi connectivity index (χ3v) is 7.12. The van der Waals surface area contributed by atoms with Gasteiger partial charge in [-0.15, -0.1) is 0 Å². The Bertz CT molecular complexity index is 384. The van der Waals surface area contributed by atoms with Crippen molar-refractivity contribution in [3.05, 3.63) is 24.3 Å². The number of alkyl halides is 2. The predicted molar refractivity (Wildman–Crippen MR) is 84.3 cm³/mol. The van der Waals surface area contributed by atoms with E-state index in [9.17, 15) is 5.11 Å². The van der Waals surface area contributed by atoms with Gasteiger partial charge in [0.05, 0.1) is 5.60 Å². The van der Waals surface area contributed by atoms with Crippen LogP contribution in [0, 0.1) is 17.3 Å². The molecule has 0 saturated heterocycles. The van der Waals surface area contributed by atoms with Crippen LogP contribution in [0.3, 0.4) is 0 Å². The van der Waals surface area contributed by atoms with Gasteiger partial charge in [-0.1, -0.05) is 70.0 Å². The Labute approximate surface area is 127 Å². The molecule has 1 N–H and O–H groups in total. The van der Waals surface area contributed by atoms with Crippen LogP contribution < -0.4 is 0 Å². The lowest BCUT2D eigenvalue weighted by atomic mass is 9.61. The highest BCUT2D eigenvalue weighted by atomic mass is 79.9. The summed E-state index contributed by atoms with van der Waals surface area (Å²) in [5.74, 6) is 0.799. The maximum atomic E-state index is 10.1. The number of hydrogen-bond acceptors (Lipinski definition) is 1. The van der Waals surface area contributed by atoms with Gasteiger partial charge in [-0.25, -0.2) is 0 Å². The van der Waals surface area contributed by atoms with E-state index in [1.54, 1.807) is 0 Å². The standard InChI is InChI=1S/C15H22Br2O/c1-9-11(16)7-12(17)14(2,3)13(9)10-5-6-15(4,18)8-10/h5-6,10-13,18H,1,7-8H2,2-4H3/t10?,11-,12-,13+,15?/m1/s1. The Kier molecular flexibility index (Phi) is 3.90. The Morgan fingerprint density at radius 2 is 1.94 bits per heavy atom. The van der Waals surface area contributed by atoms with E-state index in [1.165, 1.54) is 5.57 Å². The Morgan fingerprint density at radius 3 is 2.44 bits per heavy atom. The van der Waals surface area contributed by atoms with Crippen LogP contribution in [0.15, 0.2) is 24.3 Å². The fourth-order valence-corrected chi connectivity index (χ4v) is 5.32. The summed E-state index contributed by atoms with van der Waals surface area (Å²) < 4.78 is 0. The SMILES string of the molecule is C=C1[C@H](Br)C[C@@H](Br)C(C)(C)[C@@H]1C1C=CC(C)(O)C1. The van der Waals surface area contributed by atoms with E-state index in [0.717, 1.165) is 12.8 Å². The molecule has 0 bridgehead atoms. The molecular formula is C15H22Br2O. The monoisotopic (exact) mass is 376 g/mol. The minimum atomic E-state index is -0.651. The van der Waals surface area contributed by atoms with Crippen LogP contribution >= 0.6 is 31.9 Å². The fraction of sp³-hybridized carbons (Fsp3) is 0.733. The molecule has 0 spiro atoms. The molecule has 102 valence electrons. The van der Waals surface area contributed by atoms with E-state index in [1.807, 2.05) is 13.0 Å². The van der Waals surface area contributed by atoms with E-state index in [2.05, 4.69) is 58.4 Å². The summed E-state index contributed by atoms with van der Waals surface area (Å²) in [6.45, 7) is 10.8. The van der Waals surface area contributed by atoms with E-state index in [4.69, 9.17) is 0 Å². The van der Waals surface area contributed by atoms with Crippen molar-refractivity contribution in [1.82, 2.24) is 0 Å². The van der Waals surface area contributed by atoms with Crippen LogP contribution in [-0.4, -0.2) is 20.4 Å². The number of rotatable bonds is 1. The van der Waals surface area contributed by atoms with Crippen LogP contribution in [0.4, 0.5) is 0 Å². The van der Waals surface area contributed by atoms with Crippen molar-refractivity contribution >= 4 is 31.9 Å². The summed E-state index contributed by atoms with van der Waals surface area (Å²) in [5, 5.41) is 10.1. The van der Waals surface area contributed by atoms with Crippen LogP contribution in [0.1, 0.15) is 33.6 Å². The molecule has 2 rings (SSSR count). The van der Waals surface area contributed by atoms with Gasteiger partial charge in [-0.05, 0) is 37.0 Å². The molecule has 0 heterocycles. The molecule has 0 amide bonds. The van der Waals surface area contributed by atoms with E-state index < -0.39 is 5.60 Å². The first-order valence-electron chi connectivity index (χ1n) is 6.54. The molecule has 5 atom stereocenters. The quantitative estimate of drug-likeness (QED) is 0.528. The lowest BCUT2D eigenvalue weighted by Gasteiger charge is -2.48. The number of aliphatic hydroxyl groups is 1. The molecule has 0 aliphatic heterocycles. The zero-order valence-electron chi connectivity index (χ0n) is 11.3. The largest absolute Gasteiger partial charge is 0.386 e. The van der Waals surface area contributed by atoms with E-state index >= 15 is 0 Å². The van der Waals surface area contributed by atoms with Crippen molar-refractivity contribution in [2.75, 3.05) is 0 Å². The van der Waals surface area contributed by atoms with Crippen LogP contribution in [0.25, 0.3) is 0 Å². The molecule has 1 fully saturated rings. The molecule has 0 aromatic heterocycles. The van der Waals surface area contributed by atoms with E-state index in [0.29, 0.717) is 21.5 Å². The smallest absolute Gasteiger partial charge is 0.0805 e. The molecule has 2 aliphatic rings. The van der Waals surface area contributed by atoms with Crippen molar-refractivity contribution < 1.29 is 5.11 Å². The first kappa shape index (κ1) is 14.8. The van der Waals surface area contributed by atoms with Gasteiger partial charge >= 0.3 is 0 Å². The van der Waals surface area contributed by atoms with Gasteiger partial charge in [0, 0.05) is 9.65 Å². The Balaban J connectivity index is 2.29. The third kappa shape index (κ3) is 2.51. The molecular weight excluding hydrogens is 356 g/mol. The summed E-state index contributed by atoms with van der Waals surface area (Å²) in [6, 6.07) is 0. The van der Waals surface area contributed by atoms with Gasteiger partial charge in [0.25, 0.3) is 0 Å². The van der Waals surface area contributed by atoms with Crippen molar-refractivity contribution in [2.24, 2.45) is 17.3 Å². The molecule has 1 nitrogen and oxygen atoms in total. The van der Waals surface area contributed by atoms with E-state index in [-0.39, 0.29) is 5.41 Å². The van der Waals surface area contributed by atoms with Crippen molar-refractivity contribution in [3.63, 3.8) is 0 Å². The van der Waals surface area contributed by atoms with Gasteiger partial charge in [0.2, 0.25) is 0 Å². The molecule has 2 unspecified atom stereocenters. The molecule has 0 radical (unpaired) electrons. The molecule has 0 aromatic rings. The third-order valence-electron chi connectivity index (χ3n) is 4.60. The number of hydrogen-bond donors (Lipinski definition) is 1. The van der Waals surface area contributed by atoms with Crippen LogP contribution in [-0.2, 0) is 0 Å². The normalized spacial score (nSPS) is 47.6. The summed E-state index contributed by atoms with van der Waals surface area (Å²) in [6.07, 6.45) is 6.01. The first-order chi connectivity index (χ1) is 8.15. The van der Waals surface area contributed by atoms with Gasteiger partial charge in [0.15, 0.2) is 0 Å². The van der Waals surface area contributed by atoms with Crippen LogP contribution in [0.2, 0.25) is 0 Å². The summed E-state index contributed by atoms with van der Waals surface area (Å²) in [5.41, 5.74) is 0.793. The molecule has 2 aliphatic carbocycles. The highest BCUT2D eigenvalue weighted by Crippen LogP contribution is 2.54. The number of halogens is 2. The van der Waals surface area contributed by atoms with Gasteiger partial charge in [0.1, 0.15) is 0 Å². The molecule has 1 saturated carbocycles. The zero-order chi connectivity index (χ0) is 13.7. The van der Waals surface area contributed by atoms with Gasteiger partial charge in [-0.3, -0.25) is 0 Å². The van der Waals surface area contributed by atoms with Crippen molar-refractivity contribution in [3.8, 4) is 0 Å². The van der Waals surface area contributed by atoms with Gasteiger partial charge in [-0.2, -0.15) is 0 Å². The second-order valence-electron chi connectivity index (χ2n) is 6.63. The minimum Gasteiger partial charge on any atom is -0.386 e. The lowest BCUT2D eigenvalue weighted by molar-refractivity contribution is 0.0757. The maximum Gasteiger partial charge on any atom is 0.0805 e. The number of allylic oxidation sites excluding steroid dienone is 2. The fourth-order valence-electron chi connectivity index (χ4n) is 3.50. The van der Waals surface area contributed by atoms with Crippen LogP contribution in [0.5, 0.6) is 0 Å². The van der Waals surface area contributed by atoms with Gasteiger partial charge < -0.3 is 5.11 Å². The second kappa shape index (κ2) is 4.75. The average molecular weight is 378 g/mol. The van der Waals surface area contributed by atoms with Crippen molar-refractivity contribution in [1.29, 1.82) is 0 Å². The lowest BCUT2D eigenvalue weighted by Crippen LogP contribution is -2.45. The minimum absolute atomic E-state index is 0.163. The summed E-state index contributed by atoms with van der Waals surface area (Å²) in [4.78, 5) is 0.850. The topological polar surface area (TPSA) is 20.2 Å². The maximum absolute atomic E-state index is 10.1. The average Bonchev–Trinajstić information content (AvgIpc) is 2.56. The zero-order valence-corrected chi connectivity index (χ0v) is 14.5. The molecule has 3 heteroatoms. The highest BCUT2D eigenvalue weighted by molar-refractivity contribution is 9.10.